The van der Waals surface area contributed by atoms with Gasteiger partial charge in [-0.1, -0.05) is 6.92 Å². The third-order valence-corrected chi connectivity index (χ3v) is 2.88. The van der Waals surface area contributed by atoms with E-state index in [0.29, 0.717) is 0 Å². The maximum Gasteiger partial charge on any atom is 0.132 e. The molecule has 72 valence electrons. The molecule has 1 fully saturated rings. The molecule has 0 aliphatic carbocycles. The van der Waals surface area contributed by atoms with Gasteiger partial charge in [0.1, 0.15) is 23.7 Å². The zero-order chi connectivity index (χ0) is 9.14. The van der Waals surface area contributed by atoms with Gasteiger partial charge in [-0.2, -0.15) is 0 Å². The highest BCUT2D eigenvalue weighted by Crippen LogP contribution is 2.28. The van der Waals surface area contributed by atoms with Crippen LogP contribution in [-0.2, 0) is 4.74 Å². The maximum absolute atomic E-state index is 9.38. The minimum Gasteiger partial charge on any atom is -0.394 e. The highest BCUT2D eigenvalue weighted by molar-refractivity contribution is 7.99. The summed E-state index contributed by atoms with van der Waals surface area (Å²) in [6.07, 6.45) is -2.48. The first kappa shape index (κ1) is 10.3. The predicted octanol–water partition coefficient (Wildman–Crippen LogP) is -0.822. The Hall–Kier alpha value is 0.190. The smallest absolute Gasteiger partial charge is 0.132 e. The van der Waals surface area contributed by atoms with Crippen molar-refractivity contribution >= 4 is 11.8 Å². The molecule has 3 N–H and O–H groups in total. The van der Waals surface area contributed by atoms with Gasteiger partial charge in [0.15, 0.2) is 0 Å². The second-order valence-electron chi connectivity index (χ2n) is 2.66. The largest absolute Gasteiger partial charge is 0.394 e. The van der Waals surface area contributed by atoms with Crippen molar-refractivity contribution in [2.24, 2.45) is 0 Å². The quantitative estimate of drug-likeness (QED) is 0.547. The predicted molar refractivity (Wildman–Crippen MR) is 45.9 cm³/mol. The molecule has 0 aromatic heterocycles. The van der Waals surface area contributed by atoms with Gasteiger partial charge in [-0.05, 0) is 5.75 Å². The zero-order valence-corrected chi connectivity index (χ0v) is 7.70. The van der Waals surface area contributed by atoms with E-state index >= 15 is 0 Å². The molecule has 0 spiro atoms. The maximum atomic E-state index is 9.38. The van der Waals surface area contributed by atoms with Crippen molar-refractivity contribution in [3.05, 3.63) is 0 Å². The van der Waals surface area contributed by atoms with Crippen LogP contribution in [0.5, 0.6) is 0 Å². The third kappa shape index (κ3) is 1.92. The van der Waals surface area contributed by atoms with E-state index in [1.54, 1.807) is 0 Å². The Balaban J connectivity index is 2.48. The van der Waals surface area contributed by atoms with Crippen LogP contribution < -0.4 is 0 Å². The molecule has 1 aliphatic heterocycles. The van der Waals surface area contributed by atoms with Crippen molar-refractivity contribution < 1.29 is 20.1 Å². The third-order valence-electron chi connectivity index (χ3n) is 1.83. The molecular formula is C7H14O4S. The molecule has 0 aromatic carbocycles. The second-order valence-corrected chi connectivity index (χ2v) is 4.04. The monoisotopic (exact) mass is 194 g/mol. The zero-order valence-electron chi connectivity index (χ0n) is 6.88. The van der Waals surface area contributed by atoms with E-state index in [2.05, 4.69) is 0 Å². The highest BCUT2D eigenvalue weighted by atomic mass is 32.2. The summed E-state index contributed by atoms with van der Waals surface area (Å²) in [5.74, 6) is 0.812. The molecule has 0 radical (unpaired) electrons. The fourth-order valence-electron chi connectivity index (χ4n) is 1.17. The first-order chi connectivity index (χ1) is 5.70. The van der Waals surface area contributed by atoms with Crippen LogP contribution in [0.3, 0.4) is 0 Å². The number of hydrogen-bond donors (Lipinski definition) is 3. The Morgan fingerprint density at radius 1 is 1.33 bits per heavy atom. The van der Waals surface area contributed by atoms with E-state index in [9.17, 15) is 10.2 Å². The fourth-order valence-corrected chi connectivity index (χ4v) is 2.08. The van der Waals surface area contributed by atoms with Crippen molar-refractivity contribution in [2.45, 2.75) is 30.7 Å². The van der Waals surface area contributed by atoms with Crippen LogP contribution in [-0.4, -0.2) is 51.4 Å². The average molecular weight is 194 g/mol. The summed E-state index contributed by atoms with van der Waals surface area (Å²) in [4.78, 5) is 0. The lowest BCUT2D eigenvalue weighted by molar-refractivity contribution is -0.00807. The number of aliphatic hydroxyl groups excluding tert-OH is 3. The van der Waals surface area contributed by atoms with Gasteiger partial charge in [-0.3, -0.25) is 0 Å². The van der Waals surface area contributed by atoms with Crippen LogP contribution in [0.4, 0.5) is 0 Å². The molecule has 0 amide bonds. The Morgan fingerprint density at radius 3 is 2.42 bits per heavy atom. The topological polar surface area (TPSA) is 69.9 Å². The number of ether oxygens (including phenoxy) is 1. The lowest BCUT2D eigenvalue weighted by Gasteiger charge is -2.12. The average Bonchev–Trinajstić information content (AvgIpc) is 2.33. The summed E-state index contributed by atoms with van der Waals surface area (Å²) >= 11 is 1.43. The molecule has 0 aromatic rings. The van der Waals surface area contributed by atoms with Gasteiger partial charge in [-0.15, -0.1) is 11.8 Å². The van der Waals surface area contributed by atoms with Crippen molar-refractivity contribution in [3.63, 3.8) is 0 Å². The van der Waals surface area contributed by atoms with Crippen LogP contribution in [0.1, 0.15) is 6.92 Å². The van der Waals surface area contributed by atoms with Crippen molar-refractivity contribution in [1.82, 2.24) is 0 Å². The Bertz CT molecular complexity index is 143. The molecule has 5 heteroatoms. The lowest BCUT2D eigenvalue weighted by Crippen LogP contribution is -2.33. The number of thioether (sulfide) groups is 1. The first-order valence-electron chi connectivity index (χ1n) is 3.94. The number of rotatable bonds is 3. The SMILES string of the molecule is CCS[C@@H]1O[C@H](CO)[C@@H](O)[C@H]1O. The summed E-state index contributed by atoms with van der Waals surface area (Å²) in [7, 11) is 0. The minimum absolute atomic E-state index is 0.251. The van der Waals surface area contributed by atoms with Crippen molar-refractivity contribution in [2.75, 3.05) is 12.4 Å². The standard InChI is InChI=1S/C7H14O4S/c1-2-12-7-6(10)5(9)4(3-8)11-7/h4-10H,2-3H2,1H3/t4-,5-,6-,7+/m1/s1. The van der Waals surface area contributed by atoms with E-state index in [1.807, 2.05) is 6.92 Å². The second kappa shape index (κ2) is 4.43. The molecule has 0 bridgehead atoms. The molecule has 0 unspecified atom stereocenters. The van der Waals surface area contributed by atoms with Gasteiger partial charge >= 0.3 is 0 Å². The minimum atomic E-state index is -0.959. The van der Waals surface area contributed by atoms with Crippen molar-refractivity contribution in [1.29, 1.82) is 0 Å². The van der Waals surface area contributed by atoms with Crippen LogP contribution in [0.15, 0.2) is 0 Å². The lowest BCUT2D eigenvalue weighted by atomic mass is 10.2. The summed E-state index contributed by atoms with van der Waals surface area (Å²) in [6.45, 7) is 1.69. The highest BCUT2D eigenvalue weighted by Gasteiger charge is 2.41. The normalized spacial score (nSPS) is 42.0. The van der Waals surface area contributed by atoms with E-state index in [0.717, 1.165) is 5.75 Å². The molecule has 4 atom stereocenters. The van der Waals surface area contributed by atoms with Gasteiger partial charge in [0.05, 0.1) is 6.61 Å². The van der Waals surface area contributed by atoms with Gasteiger partial charge in [0, 0.05) is 0 Å². The molecule has 0 saturated carbocycles. The Labute approximate surface area is 75.5 Å². The molecule has 4 nitrogen and oxygen atoms in total. The molecule has 1 heterocycles. The van der Waals surface area contributed by atoms with Gasteiger partial charge in [-0.25, -0.2) is 0 Å². The number of hydrogen-bond acceptors (Lipinski definition) is 5. The summed E-state index contributed by atoms with van der Waals surface area (Å²) in [5, 5.41) is 27.4. The van der Waals surface area contributed by atoms with E-state index in [1.165, 1.54) is 11.8 Å². The summed E-state index contributed by atoms with van der Waals surface area (Å²) < 4.78 is 5.19. The van der Waals surface area contributed by atoms with Crippen LogP contribution in [0, 0.1) is 0 Å². The number of aliphatic hydroxyl groups is 3. The molecule has 1 aliphatic rings. The van der Waals surface area contributed by atoms with E-state index in [4.69, 9.17) is 9.84 Å². The van der Waals surface area contributed by atoms with Crippen LogP contribution >= 0.6 is 11.8 Å². The molecule has 1 saturated heterocycles. The van der Waals surface area contributed by atoms with Gasteiger partial charge < -0.3 is 20.1 Å². The molecule has 12 heavy (non-hydrogen) atoms. The fraction of sp³-hybridized carbons (Fsp3) is 1.00. The van der Waals surface area contributed by atoms with Crippen molar-refractivity contribution in [3.8, 4) is 0 Å². The van der Waals surface area contributed by atoms with Crippen LogP contribution in [0.2, 0.25) is 0 Å². The van der Waals surface area contributed by atoms with Gasteiger partial charge in [0.25, 0.3) is 0 Å². The Morgan fingerprint density at radius 2 is 2.00 bits per heavy atom. The summed E-state index contributed by atoms with van der Waals surface area (Å²) in [6, 6.07) is 0. The van der Waals surface area contributed by atoms with Crippen LogP contribution in [0.25, 0.3) is 0 Å². The Kier molecular flexibility index (Phi) is 3.79. The first-order valence-corrected chi connectivity index (χ1v) is 4.99. The summed E-state index contributed by atoms with van der Waals surface area (Å²) in [5.41, 5.74) is -0.401. The van der Waals surface area contributed by atoms with E-state index in [-0.39, 0.29) is 6.61 Å². The van der Waals surface area contributed by atoms with Gasteiger partial charge in [0.2, 0.25) is 0 Å². The molecule has 1 rings (SSSR count). The molecular weight excluding hydrogens is 180 g/mol. The van der Waals surface area contributed by atoms with E-state index < -0.39 is 23.7 Å².